The minimum Gasteiger partial charge on any atom is -0.361 e. The number of imidazole rings is 1. The summed E-state index contributed by atoms with van der Waals surface area (Å²) in [4.78, 5) is 21.8. The molecule has 0 radical (unpaired) electrons. The molecule has 2 aromatic heterocycles. The molecular formula is C26H34Br2N4O2SSi. The van der Waals surface area contributed by atoms with Crippen LogP contribution in [0.2, 0.25) is 25.7 Å². The van der Waals surface area contributed by atoms with Gasteiger partial charge in [0.25, 0.3) is 5.91 Å². The summed E-state index contributed by atoms with van der Waals surface area (Å²) in [6.07, 6.45) is 5.35. The number of H-pyrrole nitrogens is 1. The summed E-state index contributed by atoms with van der Waals surface area (Å²) in [5, 5.41) is 4.10. The summed E-state index contributed by atoms with van der Waals surface area (Å²) < 4.78 is 10.1. The number of hydrogen-bond donors (Lipinski definition) is 2. The average molecular weight is 655 g/mol. The van der Waals surface area contributed by atoms with E-state index in [1.807, 2.05) is 12.3 Å². The Hall–Kier alpha value is -1.33. The fraction of sp³-hybridized carbons (Fsp3) is 0.462. The monoisotopic (exact) mass is 652 g/mol. The van der Waals surface area contributed by atoms with Crippen molar-refractivity contribution in [3.8, 4) is 0 Å². The van der Waals surface area contributed by atoms with Crippen LogP contribution in [-0.2, 0) is 11.5 Å². The number of benzene rings is 1. The Morgan fingerprint density at radius 2 is 2.03 bits per heavy atom. The van der Waals surface area contributed by atoms with Gasteiger partial charge in [-0.05, 0) is 74.9 Å². The zero-order valence-electron chi connectivity index (χ0n) is 21.0. The van der Waals surface area contributed by atoms with Crippen LogP contribution in [0.25, 0.3) is 0 Å². The number of ether oxygens (including phenoxy) is 1. The van der Waals surface area contributed by atoms with Gasteiger partial charge in [0.2, 0.25) is 0 Å². The Labute approximate surface area is 235 Å². The van der Waals surface area contributed by atoms with Gasteiger partial charge >= 0.3 is 0 Å². The molecule has 0 unspecified atom stereocenters. The SMILES string of the molecule is C[Si](C)(C)CCOCn1c([C@H]2CCC[C@@H]2CNC(=O)c2cc(Br)c(Br)[nH]2)cnc1Sc1ccccc1. The molecule has 36 heavy (non-hydrogen) atoms. The van der Waals surface area contributed by atoms with Gasteiger partial charge in [-0.3, -0.25) is 9.36 Å². The molecule has 2 N–H and O–H groups in total. The molecule has 1 amide bonds. The highest BCUT2D eigenvalue weighted by Gasteiger charge is 2.32. The Kier molecular flexibility index (Phi) is 9.60. The summed E-state index contributed by atoms with van der Waals surface area (Å²) in [5.74, 6) is 0.615. The van der Waals surface area contributed by atoms with Gasteiger partial charge in [0.05, 0.1) is 9.08 Å². The van der Waals surface area contributed by atoms with E-state index in [9.17, 15) is 4.79 Å². The highest BCUT2D eigenvalue weighted by molar-refractivity contribution is 9.13. The van der Waals surface area contributed by atoms with E-state index >= 15 is 0 Å². The predicted octanol–water partition coefficient (Wildman–Crippen LogP) is 7.51. The normalized spacial score (nSPS) is 18.0. The van der Waals surface area contributed by atoms with Gasteiger partial charge in [-0.1, -0.05) is 56.0 Å². The predicted molar refractivity (Wildman–Crippen MR) is 156 cm³/mol. The van der Waals surface area contributed by atoms with Gasteiger partial charge in [-0.2, -0.15) is 0 Å². The number of aromatic nitrogens is 3. The van der Waals surface area contributed by atoms with Crippen LogP contribution in [0.15, 0.2) is 61.7 Å². The molecule has 1 aliphatic carbocycles. The molecule has 194 valence electrons. The molecule has 0 spiro atoms. The minimum atomic E-state index is -1.16. The number of hydrogen-bond acceptors (Lipinski definition) is 4. The first kappa shape index (κ1) is 27.7. The molecule has 1 saturated carbocycles. The Morgan fingerprint density at radius 3 is 2.72 bits per heavy atom. The summed E-state index contributed by atoms with van der Waals surface area (Å²) in [6, 6.07) is 13.3. The molecule has 0 bridgehead atoms. The van der Waals surface area contributed by atoms with Gasteiger partial charge in [-0.25, -0.2) is 4.98 Å². The quantitative estimate of drug-likeness (QED) is 0.166. The molecule has 0 saturated heterocycles. The van der Waals surface area contributed by atoms with E-state index in [0.29, 0.717) is 30.8 Å². The molecule has 1 aliphatic rings. The van der Waals surface area contributed by atoms with E-state index in [1.54, 1.807) is 17.8 Å². The topological polar surface area (TPSA) is 71.9 Å². The lowest BCUT2D eigenvalue weighted by molar-refractivity contribution is 0.0779. The van der Waals surface area contributed by atoms with Crippen molar-refractivity contribution in [1.29, 1.82) is 0 Å². The van der Waals surface area contributed by atoms with E-state index in [0.717, 1.165) is 51.0 Å². The lowest BCUT2D eigenvalue weighted by Crippen LogP contribution is -2.31. The zero-order valence-corrected chi connectivity index (χ0v) is 26.0. The molecule has 10 heteroatoms. The second-order valence-electron chi connectivity index (χ2n) is 10.5. The second kappa shape index (κ2) is 12.5. The van der Waals surface area contributed by atoms with Crippen LogP contribution >= 0.6 is 43.6 Å². The second-order valence-corrected chi connectivity index (χ2v) is 18.8. The van der Waals surface area contributed by atoms with Crippen LogP contribution in [0.5, 0.6) is 0 Å². The first-order valence-corrected chi connectivity index (χ1v) is 18.5. The van der Waals surface area contributed by atoms with Crippen LogP contribution in [0.3, 0.4) is 0 Å². The molecule has 3 aromatic rings. The van der Waals surface area contributed by atoms with Crippen molar-refractivity contribution < 1.29 is 9.53 Å². The molecule has 2 heterocycles. The third-order valence-corrected chi connectivity index (χ3v) is 11.1. The molecule has 4 rings (SSSR count). The van der Waals surface area contributed by atoms with E-state index in [-0.39, 0.29) is 5.91 Å². The van der Waals surface area contributed by atoms with E-state index in [4.69, 9.17) is 9.72 Å². The first-order chi connectivity index (χ1) is 17.2. The molecule has 1 fully saturated rings. The number of nitrogens with one attached hydrogen (secondary N) is 2. The fourth-order valence-electron chi connectivity index (χ4n) is 4.52. The summed E-state index contributed by atoms with van der Waals surface area (Å²) in [5.41, 5.74) is 1.76. The van der Waals surface area contributed by atoms with Gasteiger partial charge < -0.3 is 15.0 Å². The molecule has 6 nitrogen and oxygen atoms in total. The number of carbonyl (C=O) groups excluding carboxylic acids is 1. The third-order valence-electron chi connectivity index (χ3n) is 6.55. The van der Waals surface area contributed by atoms with Crippen molar-refractivity contribution in [2.24, 2.45) is 5.92 Å². The highest BCUT2D eigenvalue weighted by atomic mass is 79.9. The number of nitrogens with zero attached hydrogens (tertiary/aromatic N) is 2. The van der Waals surface area contributed by atoms with Gasteiger partial charge in [-0.15, -0.1) is 0 Å². The Bertz CT molecular complexity index is 1140. The Balaban J connectivity index is 1.48. The molecule has 2 atom stereocenters. The summed E-state index contributed by atoms with van der Waals surface area (Å²) >= 11 is 8.52. The lowest BCUT2D eigenvalue weighted by atomic mass is 9.93. The maximum atomic E-state index is 12.7. The minimum absolute atomic E-state index is 0.0874. The van der Waals surface area contributed by atoms with Crippen molar-refractivity contribution in [3.05, 3.63) is 63.1 Å². The lowest BCUT2D eigenvalue weighted by Gasteiger charge is -2.23. The van der Waals surface area contributed by atoms with Crippen LogP contribution in [0.1, 0.15) is 41.4 Å². The highest BCUT2D eigenvalue weighted by Crippen LogP contribution is 2.41. The van der Waals surface area contributed by atoms with Gasteiger partial charge in [0, 0.05) is 43.9 Å². The van der Waals surface area contributed by atoms with Crippen LogP contribution in [0.4, 0.5) is 0 Å². The maximum Gasteiger partial charge on any atom is 0.267 e. The van der Waals surface area contributed by atoms with Crippen LogP contribution in [0, 0.1) is 5.92 Å². The average Bonchev–Trinajstić information content (AvgIpc) is 3.54. The van der Waals surface area contributed by atoms with Crippen LogP contribution < -0.4 is 5.32 Å². The zero-order chi connectivity index (χ0) is 25.7. The smallest absolute Gasteiger partial charge is 0.267 e. The van der Waals surface area contributed by atoms with Crippen molar-refractivity contribution in [1.82, 2.24) is 19.9 Å². The van der Waals surface area contributed by atoms with E-state index in [1.165, 1.54) is 5.69 Å². The van der Waals surface area contributed by atoms with Crippen molar-refractivity contribution >= 4 is 57.6 Å². The first-order valence-electron chi connectivity index (χ1n) is 12.4. The standard InChI is InChI=1S/C26H34Br2N4O2SSi/c1-36(2,3)13-12-34-17-32-23(16-30-26(32)35-19-9-5-4-6-10-19)20-11-7-8-18(20)15-29-25(33)22-14-21(27)24(28)31-22/h4-6,9-10,14,16,18,20,31H,7-8,11-13,15,17H2,1-3H3,(H,29,33)/t18-,20+/m1/s1. The maximum absolute atomic E-state index is 12.7. The number of amides is 1. The number of rotatable bonds is 11. The van der Waals surface area contributed by atoms with Crippen LogP contribution in [-0.4, -0.2) is 41.7 Å². The molecule has 1 aromatic carbocycles. The number of carbonyl (C=O) groups is 1. The van der Waals surface area contributed by atoms with E-state index in [2.05, 4.69) is 90.6 Å². The largest absolute Gasteiger partial charge is 0.361 e. The number of halogens is 2. The van der Waals surface area contributed by atoms with Crippen molar-refractivity contribution in [2.45, 2.75) is 67.6 Å². The summed E-state index contributed by atoms with van der Waals surface area (Å²) in [6.45, 7) is 9.04. The fourth-order valence-corrected chi connectivity index (χ4v) is 6.81. The van der Waals surface area contributed by atoms with Crippen molar-refractivity contribution in [2.75, 3.05) is 13.2 Å². The number of aromatic amines is 1. The summed E-state index contributed by atoms with van der Waals surface area (Å²) in [7, 11) is -1.16. The third kappa shape index (κ3) is 7.37. The van der Waals surface area contributed by atoms with Gasteiger partial charge in [0.1, 0.15) is 12.4 Å². The van der Waals surface area contributed by atoms with E-state index < -0.39 is 8.07 Å². The van der Waals surface area contributed by atoms with Gasteiger partial charge in [0.15, 0.2) is 5.16 Å². The molecule has 0 aliphatic heterocycles. The molecular weight excluding hydrogens is 620 g/mol. The van der Waals surface area contributed by atoms with Crippen molar-refractivity contribution in [3.63, 3.8) is 0 Å². The Morgan fingerprint density at radius 1 is 1.25 bits per heavy atom.